The van der Waals surface area contributed by atoms with Crippen molar-refractivity contribution in [3.05, 3.63) is 0 Å². The molecule has 0 fully saturated rings. The van der Waals surface area contributed by atoms with Gasteiger partial charge in [-0.05, 0) is 12.8 Å². The van der Waals surface area contributed by atoms with Crippen LogP contribution in [0.25, 0.3) is 0 Å². The number of unbranched alkanes of at least 4 members (excludes halogenated alkanes) is 4. The summed E-state index contributed by atoms with van der Waals surface area (Å²) in [5.41, 5.74) is 6.86. The zero-order chi connectivity index (χ0) is 8.53. The number of hydrogen-bond donors (Lipinski definition) is 1. The molecule has 0 amide bonds. The second-order valence-corrected chi connectivity index (χ2v) is 2.66. The van der Waals surface area contributed by atoms with Crippen molar-refractivity contribution in [2.24, 2.45) is 0 Å². The zero-order valence-corrected chi connectivity index (χ0v) is 6.81. The fourth-order valence-corrected chi connectivity index (χ4v) is 0.932. The van der Waals surface area contributed by atoms with Crippen molar-refractivity contribution in [2.45, 2.75) is 38.5 Å². The van der Waals surface area contributed by atoms with Gasteiger partial charge >= 0.3 is 5.97 Å². The molecule has 0 heterocycles. The highest BCUT2D eigenvalue weighted by Crippen LogP contribution is 2.04. The summed E-state index contributed by atoms with van der Waals surface area (Å²) in [4.78, 5) is 10.1. The van der Waals surface area contributed by atoms with Gasteiger partial charge in [-0.2, -0.15) is 0 Å². The number of nitrogens with one attached hydrogen (secondary N) is 1. The maximum Gasteiger partial charge on any atom is 0.303 e. The molecule has 0 spiro atoms. The van der Waals surface area contributed by atoms with Gasteiger partial charge in [-0.1, -0.05) is 19.3 Å². The minimum absolute atomic E-state index is 0.293. The summed E-state index contributed by atoms with van der Waals surface area (Å²) in [5.74, 6) is -0.703. The van der Waals surface area contributed by atoms with Crippen LogP contribution in [0.3, 0.4) is 0 Å². The lowest BCUT2D eigenvalue weighted by Crippen LogP contribution is -1.93. The lowest BCUT2D eigenvalue weighted by atomic mass is 10.1. The Hall–Kier alpha value is -0.570. The number of hydrogen-bond acceptors (Lipinski definition) is 1. The number of carbonyl (C=O) groups is 1. The Morgan fingerprint density at radius 1 is 1.09 bits per heavy atom. The first-order chi connectivity index (χ1) is 5.27. The van der Waals surface area contributed by atoms with Crippen LogP contribution in [-0.2, 0) is 4.79 Å². The second-order valence-electron chi connectivity index (χ2n) is 2.66. The van der Waals surface area contributed by atoms with Crippen LogP contribution in [0.2, 0.25) is 0 Å². The summed E-state index contributed by atoms with van der Waals surface area (Å²) < 4.78 is 0. The fraction of sp³-hybridized carbons (Fsp3) is 0.875. The summed E-state index contributed by atoms with van der Waals surface area (Å²) in [6, 6.07) is 0. The van der Waals surface area contributed by atoms with Gasteiger partial charge in [0.1, 0.15) is 0 Å². The Morgan fingerprint density at radius 3 is 2.18 bits per heavy atom. The molecule has 0 aromatic carbocycles. The van der Waals surface area contributed by atoms with Crippen molar-refractivity contribution in [3.8, 4) is 0 Å². The van der Waals surface area contributed by atoms with Crippen LogP contribution >= 0.6 is 0 Å². The van der Waals surface area contributed by atoms with E-state index in [1.807, 2.05) is 0 Å². The van der Waals surface area contributed by atoms with Gasteiger partial charge in [-0.3, -0.25) is 10.5 Å². The molecule has 0 bridgehead atoms. The Morgan fingerprint density at radius 2 is 1.64 bits per heavy atom. The molecule has 3 heteroatoms. The minimum atomic E-state index is -0.703. The van der Waals surface area contributed by atoms with Crippen molar-refractivity contribution in [3.63, 3.8) is 0 Å². The highest BCUT2D eigenvalue weighted by Gasteiger charge is 1.95. The maximum absolute atomic E-state index is 10.1. The minimum Gasteiger partial charge on any atom is -0.481 e. The normalized spacial score (nSPS) is 9.91. The van der Waals surface area contributed by atoms with Crippen molar-refractivity contribution >= 4 is 5.97 Å². The van der Waals surface area contributed by atoms with Crippen molar-refractivity contribution < 1.29 is 9.90 Å². The summed E-state index contributed by atoms with van der Waals surface area (Å²) >= 11 is 0. The van der Waals surface area contributed by atoms with Crippen molar-refractivity contribution in [2.75, 3.05) is 6.54 Å². The van der Waals surface area contributed by atoms with Gasteiger partial charge in [0.2, 0.25) is 0 Å². The van der Waals surface area contributed by atoms with Crippen LogP contribution in [0.5, 0.6) is 0 Å². The van der Waals surface area contributed by atoms with Gasteiger partial charge in [0.05, 0.1) is 0 Å². The van der Waals surface area contributed by atoms with Crippen LogP contribution in [0, 0.1) is 0 Å². The predicted molar refractivity (Wildman–Crippen MR) is 43.3 cm³/mol. The third-order valence-electron chi connectivity index (χ3n) is 1.57. The zero-order valence-electron chi connectivity index (χ0n) is 6.81. The molecular weight excluding hydrogens is 142 g/mol. The van der Waals surface area contributed by atoms with E-state index in [2.05, 4.69) is 0 Å². The van der Waals surface area contributed by atoms with Gasteiger partial charge in [0, 0.05) is 13.0 Å². The number of carboxylic acids is 1. The van der Waals surface area contributed by atoms with E-state index in [4.69, 9.17) is 10.8 Å². The quantitative estimate of drug-likeness (QED) is 0.573. The number of carboxylic acid groups (broad SMARTS) is 1. The fourth-order valence-electron chi connectivity index (χ4n) is 0.932. The third kappa shape index (κ3) is 9.43. The largest absolute Gasteiger partial charge is 0.481 e. The highest BCUT2D eigenvalue weighted by molar-refractivity contribution is 5.66. The first kappa shape index (κ1) is 10.4. The molecule has 0 atom stereocenters. The topological polar surface area (TPSA) is 61.1 Å². The first-order valence-corrected chi connectivity index (χ1v) is 4.13. The molecule has 0 saturated heterocycles. The van der Waals surface area contributed by atoms with E-state index in [1.165, 1.54) is 0 Å². The molecule has 11 heavy (non-hydrogen) atoms. The molecule has 0 aromatic rings. The lowest BCUT2D eigenvalue weighted by Gasteiger charge is -1.96. The SMILES string of the molecule is [NH]CCCCCCCC(=O)O. The van der Waals surface area contributed by atoms with E-state index in [1.54, 1.807) is 0 Å². The molecule has 0 rings (SSSR count). The Balaban J connectivity index is 2.85. The molecule has 0 saturated carbocycles. The van der Waals surface area contributed by atoms with Crippen molar-refractivity contribution in [1.29, 1.82) is 0 Å². The summed E-state index contributed by atoms with van der Waals surface area (Å²) in [7, 11) is 0. The van der Waals surface area contributed by atoms with Crippen LogP contribution in [0.4, 0.5) is 0 Å². The molecule has 65 valence electrons. The summed E-state index contributed by atoms with van der Waals surface area (Å²) in [5, 5.41) is 8.29. The van der Waals surface area contributed by atoms with Crippen LogP contribution in [0.1, 0.15) is 38.5 Å². The molecule has 0 aliphatic rings. The van der Waals surface area contributed by atoms with Crippen LogP contribution < -0.4 is 5.73 Å². The molecule has 3 nitrogen and oxygen atoms in total. The van der Waals surface area contributed by atoms with E-state index in [0.29, 0.717) is 13.0 Å². The molecular formula is C8H16NO2. The predicted octanol–water partition coefficient (Wildman–Crippen LogP) is 1.69. The summed E-state index contributed by atoms with van der Waals surface area (Å²) in [6.45, 7) is 0.499. The lowest BCUT2D eigenvalue weighted by molar-refractivity contribution is -0.137. The van der Waals surface area contributed by atoms with Crippen LogP contribution in [0.15, 0.2) is 0 Å². The Bertz CT molecular complexity index is 104. The van der Waals surface area contributed by atoms with E-state index in [-0.39, 0.29) is 0 Å². The van der Waals surface area contributed by atoms with E-state index >= 15 is 0 Å². The molecule has 1 radical (unpaired) electrons. The molecule has 2 N–H and O–H groups in total. The number of rotatable bonds is 7. The smallest absolute Gasteiger partial charge is 0.303 e. The number of aliphatic carboxylic acids is 1. The standard InChI is InChI=1S/C8H16NO2/c9-7-5-3-1-2-4-6-8(10)11/h9H,1-7H2,(H,10,11). The molecule has 0 aliphatic heterocycles. The maximum atomic E-state index is 10.1. The molecule has 0 aliphatic carbocycles. The summed E-state index contributed by atoms with van der Waals surface area (Å²) in [6.07, 6.45) is 5.17. The second kappa shape index (κ2) is 7.54. The Labute approximate surface area is 67.6 Å². The highest BCUT2D eigenvalue weighted by atomic mass is 16.4. The first-order valence-electron chi connectivity index (χ1n) is 4.13. The average Bonchev–Trinajstić information content (AvgIpc) is 1.96. The van der Waals surface area contributed by atoms with Gasteiger partial charge in [0.15, 0.2) is 0 Å². The van der Waals surface area contributed by atoms with Crippen molar-refractivity contribution in [1.82, 2.24) is 5.73 Å². The van der Waals surface area contributed by atoms with Gasteiger partial charge in [-0.25, -0.2) is 0 Å². The van der Waals surface area contributed by atoms with E-state index < -0.39 is 5.97 Å². The third-order valence-corrected chi connectivity index (χ3v) is 1.57. The van der Waals surface area contributed by atoms with Gasteiger partial charge in [-0.15, -0.1) is 0 Å². The van der Waals surface area contributed by atoms with E-state index in [0.717, 1.165) is 32.1 Å². The molecule has 0 unspecified atom stereocenters. The molecule has 0 aromatic heterocycles. The monoisotopic (exact) mass is 158 g/mol. The van der Waals surface area contributed by atoms with E-state index in [9.17, 15) is 4.79 Å². The average molecular weight is 158 g/mol. The Kier molecular flexibility index (Phi) is 7.15. The van der Waals surface area contributed by atoms with Crippen LogP contribution in [-0.4, -0.2) is 17.6 Å². The van der Waals surface area contributed by atoms with Gasteiger partial charge in [0.25, 0.3) is 0 Å². The van der Waals surface area contributed by atoms with Gasteiger partial charge < -0.3 is 5.11 Å².